The van der Waals surface area contributed by atoms with Crippen LogP contribution in [0.15, 0.2) is 66.7 Å². The second kappa shape index (κ2) is 11.4. The summed E-state index contributed by atoms with van der Waals surface area (Å²) >= 11 is 0. The lowest BCUT2D eigenvalue weighted by atomic mass is 9.94. The van der Waals surface area contributed by atoms with Crippen LogP contribution >= 0.6 is 0 Å². The molecule has 4 rings (SSSR count). The molecule has 2 fully saturated rings. The summed E-state index contributed by atoms with van der Waals surface area (Å²) in [6.45, 7) is 2.34. The summed E-state index contributed by atoms with van der Waals surface area (Å²) < 4.78 is 0. The van der Waals surface area contributed by atoms with Crippen LogP contribution in [0.2, 0.25) is 0 Å². The van der Waals surface area contributed by atoms with Gasteiger partial charge in [0.15, 0.2) is 0 Å². The van der Waals surface area contributed by atoms with E-state index in [2.05, 4.69) is 41.0 Å². The second-order valence-corrected chi connectivity index (χ2v) is 6.17. The molecule has 2 N–H and O–H groups in total. The third-order valence-corrected chi connectivity index (χ3v) is 4.41. The van der Waals surface area contributed by atoms with Gasteiger partial charge in [0.05, 0.1) is 0 Å². The first-order valence-electron chi connectivity index (χ1n) is 8.85. The Kier molecular flexibility index (Phi) is 8.66. The molecule has 1 aliphatic heterocycles. The Morgan fingerprint density at radius 3 is 1.83 bits per heavy atom. The molecule has 1 aliphatic carbocycles. The molecule has 0 radical (unpaired) electrons. The summed E-state index contributed by atoms with van der Waals surface area (Å²) in [6, 6.07) is 23.3. The number of carbonyl (C=O) groups excluding carboxylic acids is 1. The number of benzene rings is 2. The van der Waals surface area contributed by atoms with Crippen molar-refractivity contribution in [1.29, 1.82) is 0 Å². The van der Waals surface area contributed by atoms with Crippen LogP contribution in [-0.4, -0.2) is 25.5 Å². The quantitative estimate of drug-likeness (QED) is 0.845. The maximum absolute atomic E-state index is 9.70. The molecule has 1 amide bonds. The molecule has 2 aromatic carbocycles. The highest BCUT2D eigenvalue weighted by molar-refractivity contribution is 5.46. The maximum atomic E-state index is 9.70. The molecule has 3 heteroatoms. The van der Waals surface area contributed by atoms with Gasteiger partial charge in [0.25, 0.3) is 0 Å². The van der Waals surface area contributed by atoms with Crippen LogP contribution in [0.1, 0.15) is 37.2 Å². The highest BCUT2D eigenvalue weighted by atomic mass is 16.1. The standard InChI is InChI=1S/C10H13N.C6H6.C5H9NO/c1-2-4-9(5-3-1)10-6-7-11-8-10;1-2-4-6-5-3-1;7-4-6-5-2-1-3-5/h1-5,10-11H,6-8H2;1-6H;4-5H,1-3H2,(H,6,7). The Hall–Kier alpha value is -2.13. The number of carbonyl (C=O) groups is 1. The SMILES string of the molecule is O=CNC1CCC1.c1ccc(C2CCNC2)cc1.c1ccccc1. The first-order valence-corrected chi connectivity index (χ1v) is 8.85. The van der Waals surface area contributed by atoms with E-state index in [1.54, 1.807) is 0 Å². The van der Waals surface area contributed by atoms with Gasteiger partial charge in [-0.2, -0.15) is 0 Å². The Morgan fingerprint density at radius 2 is 1.46 bits per heavy atom. The maximum Gasteiger partial charge on any atom is 0.207 e. The van der Waals surface area contributed by atoms with Crippen LogP contribution < -0.4 is 10.6 Å². The van der Waals surface area contributed by atoms with Crippen molar-refractivity contribution in [1.82, 2.24) is 10.6 Å². The summed E-state index contributed by atoms with van der Waals surface area (Å²) in [4.78, 5) is 9.70. The van der Waals surface area contributed by atoms with Gasteiger partial charge < -0.3 is 10.6 Å². The Bertz CT molecular complexity index is 508. The number of nitrogens with one attached hydrogen (secondary N) is 2. The van der Waals surface area contributed by atoms with Gasteiger partial charge in [0.2, 0.25) is 6.41 Å². The summed E-state index contributed by atoms with van der Waals surface area (Å²) in [6.07, 6.45) is 5.72. The van der Waals surface area contributed by atoms with E-state index in [0.717, 1.165) is 18.9 Å². The van der Waals surface area contributed by atoms with Crippen LogP contribution in [0.5, 0.6) is 0 Å². The normalized spacial score (nSPS) is 18.9. The van der Waals surface area contributed by atoms with E-state index in [0.29, 0.717) is 6.04 Å². The lowest BCUT2D eigenvalue weighted by Gasteiger charge is -2.23. The Labute approximate surface area is 145 Å². The zero-order chi connectivity index (χ0) is 16.9. The number of hydrogen-bond donors (Lipinski definition) is 2. The van der Waals surface area contributed by atoms with Gasteiger partial charge in [0.1, 0.15) is 0 Å². The minimum Gasteiger partial charge on any atom is -0.356 e. The molecule has 1 heterocycles. The van der Waals surface area contributed by atoms with Crippen LogP contribution in [0.25, 0.3) is 0 Å². The fourth-order valence-corrected chi connectivity index (χ4v) is 2.72. The second-order valence-electron chi connectivity index (χ2n) is 6.17. The highest BCUT2D eigenvalue weighted by Crippen LogP contribution is 2.21. The summed E-state index contributed by atoms with van der Waals surface area (Å²) in [7, 11) is 0. The summed E-state index contributed by atoms with van der Waals surface area (Å²) in [5, 5.41) is 6.07. The van der Waals surface area contributed by atoms with E-state index in [1.807, 2.05) is 36.4 Å². The molecular formula is C21H28N2O. The zero-order valence-electron chi connectivity index (χ0n) is 14.2. The van der Waals surface area contributed by atoms with Crippen molar-refractivity contribution < 1.29 is 4.79 Å². The van der Waals surface area contributed by atoms with E-state index in [9.17, 15) is 4.79 Å². The Balaban J connectivity index is 0.000000139. The molecule has 0 spiro atoms. The summed E-state index contributed by atoms with van der Waals surface area (Å²) in [5.74, 6) is 0.760. The van der Waals surface area contributed by atoms with E-state index in [-0.39, 0.29) is 0 Å². The third-order valence-electron chi connectivity index (χ3n) is 4.41. The molecule has 2 aliphatic rings. The minimum atomic E-state index is 0.512. The lowest BCUT2D eigenvalue weighted by Crippen LogP contribution is -2.33. The van der Waals surface area contributed by atoms with Gasteiger partial charge in [-0.1, -0.05) is 66.7 Å². The van der Waals surface area contributed by atoms with Gasteiger partial charge in [-0.25, -0.2) is 0 Å². The number of amides is 1. The monoisotopic (exact) mass is 324 g/mol. The fraction of sp³-hybridized carbons (Fsp3) is 0.381. The molecule has 1 saturated heterocycles. The van der Waals surface area contributed by atoms with Gasteiger partial charge in [-0.3, -0.25) is 4.79 Å². The van der Waals surface area contributed by atoms with E-state index >= 15 is 0 Å². The topological polar surface area (TPSA) is 41.1 Å². The van der Waals surface area contributed by atoms with Gasteiger partial charge in [-0.05, 0) is 43.7 Å². The number of rotatable bonds is 3. The van der Waals surface area contributed by atoms with Crippen molar-refractivity contribution in [2.24, 2.45) is 0 Å². The average molecular weight is 324 g/mol. The van der Waals surface area contributed by atoms with Crippen molar-refractivity contribution >= 4 is 6.41 Å². The average Bonchev–Trinajstić information content (AvgIpc) is 3.16. The molecule has 0 bridgehead atoms. The molecule has 0 aromatic heterocycles. The van der Waals surface area contributed by atoms with Gasteiger partial charge in [0, 0.05) is 12.6 Å². The molecule has 2 aromatic rings. The smallest absolute Gasteiger partial charge is 0.207 e. The predicted octanol–water partition coefficient (Wildman–Crippen LogP) is 3.74. The van der Waals surface area contributed by atoms with E-state index < -0.39 is 0 Å². The third kappa shape index (κ3) is 6.97. The van der Waals surface area contributed by atoms with E-state index in [1.165, 1.54) is 37.8 Å². The van der Waals surface area contributed by atoms with Crippen LogP contribution in [0.4, 0.5) is 0 Å². The van der Waals surface area contributed by atoms with Gasteiger partial charge in [-0.15, -0.1) is 0 Å². The summed E-state index contributed by atoms with van der Waals surface area (Å²) in [5.41, 5.74) is 1.48. The van der Waals surface area contributed by atoms with Crippen LogP contribution in [-0.2, 0) is 4.79 Å². The molecule has 1 saturated carbocycles. The predicted molar refractivity (Wildman–Crippen MR) is 100.0 cm³/mol. The Morgan fingerprint density at radius 1 is 0.875 bits per heavy atom. The van der Waals surface area contributed by atoms with Crippen molar-refractivity contribution in [3.05, 3.63) is 72.3 Å². The first kappa shape index (κ1) is 18.2. The molecule has 128 valence electrons. The van der Waals surface area contributed by atoms with Crippen LogP contribution in [0.3, 0.4) is 0 Å². The molecular weight excluding hydrogens is 296 g/mol. The fourth-order valence-electron chi connectivity index (χ4n) is 2.72. The largest absolute Gasteiger partial charge is 0.356 e. The highest BCUT2D eigenvalue weighted by Gasteiger charge is 2.15. The van der Waals surface area contributed by atoms with Crippen LogP contribution in [0, 0.1) is 0 Å². The number of hydrogen-bond acceptors (Lipinski definition) is 2. The minimum absolute atomic E-state index is 0.512. The zero-order valence-corrected chi connectivity index (χ0v) is 14.2. The van der Waals surface area contributed by atoms with Crippen molar-refractivity contribution in [3.63, 3.8) is 0 Å². The molecule has 24 heavy (non-hydrogen) atoms. The molecule has 1 atom stereocenters. The van der Waals surface area contributed by atoms with Gasteiger partial charge >= 0.3 is 0 Å². The lowest BCUT2D eigenvalue weighted by molar-refractivity contribution is -0.110. The molecule has 1 unspecified atom stereocenters. The van der Waals surface area contributed by atoms with E-state index in [4.69, 9.17) is 0 Å². The van der Waals surface area contributed by atoms with Crippen molar-refractivity contribution in [2.75, 3.05) is 13.1 Å². The first-order chi connectivity index (χ1) is 11.9. The van der Waals surface area contributed by atoms with Crippen molar-refractivity contribution in [3.8, 4) is 0 Å². The van der Waals surface area contributed by atoms with Crippen molar-refractivity contribution in [2.45, 2.75) is 37.6 Å². The molecule has 3 nitrogen and oxygen atoms in total.